The van der Waals surface area contributed by atoms with Crippen LogP contribution in [-0.2, 0) is 0 Å². The minimum Gasteiger partial charge on any atom is -0.456 e. The van der Waals surface area contributed by atoms with Gasteiger partial charge in [0.2, 0.25) is 0 Å². The van der Waals surface area contributed by atoms with Crippen LogP contribution in [-0.4, -0.2) is 9.97 Å². The summed E-state index contributed by atoms with van der Waals surface area (Å²) in [5, 5.41) is 7.17. The molecule has 0 bridgehead atoms. The maximum absolute atomic E-state index is 6.19. The first-order valence-electron chi connectivity index (χ1n) is 18.1. The molecule has 0 atom stereocenters. The van der Waals surface area contributed by atoms with E-state index in [-0.39, 0.29) is 0 Å². The van der Waals surface area contributed by atoms with E-state index in [4.69, 9.17) is 14.4 Å². The Labute approximate surface area is 315 Å². The van der Waals surface area contributed by atoms with Crippen molar-refractivity contribution in [3.05, 3.63) is 182 Å². The van der Waals surface area contributed by atoms with E-state index in [9.17, 15) is 0 Å². The third-order valence-corrected chi connectivity index (χ3v) is 11.7. The zero-order valence-electron chi connectivity index (χ0n) is 29.0. The minimum absolute atomic E-state index is 0.684. The quantitative estimate of drug-likeness (QED) is 0.179. The second kappa shape index (κ2) is 12.4. The maximum atomic E-state index is 6.19. The van der Waals surface area contributed by atoms with Gasteiger partial charge in [-0.1, -0.05) is 127 Å². The number of thiophene rings is 1. The Morgan fingerprint density at radius 1 is 0.370 bits per heavy atom. The van der Waals surface area contributed by atoms with Gasteiger partial charge in [-0.2, -0.15) is 0 Å². The molecule has 0 aliphatic carbocycles. The summed E-state index contributed by atoms with van der Waals surface area (Å²) < 4.78 is 8.77. The first-order chi connectivity index (χ1) is 26.7. The molecule has 0 saturated heterocycles. The number of para-hydroxylation sites is 1. The van der Waals surface area contributed by atoms with Gasteiger partial charge in [0.1, 0.15) is 11.2 Å². The Hall–Kier alpha value is -6.88. The van der Waals surface area contributed by atoms with Crippen molar-refractivity contribution in [3.8, 4) is 56.2 Å². The molecule has 0 aliphatic heterocycles. The molecule has 0 fully saturated rings. The van der Waals surface area contributed by atoms with E-state index in [1.54, 1.807) is 0 Å². The van der Waals surface area contributed by atoms with Crippen LogP contribution in [0.25, 0.3) is 109 Å². The van der Waals surface area contributed by atoms with Crippen LogP contribution in [0.4, 0.5) is 0 Å². The minimum atomic E-state index is 0.684. The molecule has 0 amide bonds. The fourth-order valence-corrected chi connectivity index (χ4v) is 9.12. The van der Waals surface area contributed by atoms with E-state index >= 15 is 0 Å². The highest BCUT2D eigenvalue weighted by molar-refractivity contribution is 7.26. The predicted octanol–water partition coefficient (Wildman–Crippen LogP) is 14.2. The van der Waals surface area contributed by atoms with Gasteiger partial charge in [0.25, 0.3) is 0 Å². The second-order valence-electron chi connectivity index (χ2n) is 13.7. The average molecular weight is 707 g/mol. The summed E-state index contributed by atoms with van der Waals surface area (Å²) in [4.78, 5) is 10.5. The lowest BCUT2D eigenvalue weighted by molar-refractivity contribution is 0.669. The number of nitrogens with zero attached hydrogens (tertiary/aromatic N) is 2. The summed E-state index contributed by atoms with van der Waals surface area (Å²) in [6.07, 6.45) is 0. The van der Waals surface area contributed by atoms with Crippen molar-refractivity contribution in [1.29, 1.82) is 0 Å². The van der Waals surface area contributed by atoms with Crippen molar-refractivity contribution < 1.29 is 4.42 Å². The predicted molar refractivity (Wildman–Crippen MR) is 227 cm³/mol. The highest BCUT2D eigenvalue weighted by Gasteiger charge is 2.17. The van der Waals surface area contributed by atoms with E-state index in [1.165, 1.54) is 42.1 Å². The zero-order valence-corrected chi connectivity index (χ0v) is 29.8. The van der Waals surface area contributed by atoms with Crippen LogP contribution in [0.15, 0.2) is 186 Å². The van der Waals surface area contributed by atoms with Crippen LogP contribution in [0.2, 0.25) is 0 Å². The van der Waals surface area contributed by atoms with Crippen LogP contribution in [0.1, 0.15) is 0 Å². The van der Waals surface area contributed by atoms with Crippen LogP contribution >= 0.6 is 11.3 Å². The summed E-state index contributed by atoms with van der Waals surface area (Å²) in [5.74, 6) is 0.684. The molecule has 11 rings (SSSR count). The third kappa shape index (κ3) is 5.11. The Morgan fingerprint density at radius 2 is 1.00 bits per heavy atom. The lowest BCUT2D eigenvalue weighted by Crippen LogP contribution is -1.96. The molecule has 0 radical (unpaired) electrons. The first-order valence-corrected chi connectivity index (χ1v) is 19.0. The molecular weight excluding hydrogens is 677 g/mol. The van der Waals surface area contributed by atoms with Gasteiger partial charge < -0.3 is 4.42 Å². The van der Waals surface area contributed by atoms with E-state index in [1.807, 2.05) is 41.7 Å². The number of benzene rings is 8. The highest BCUT2D eigenvalue weighted by Crippen LogP contribution is 2.43. The second-order valence-corrected chi connectivity index (χ2v) is 14.8. The van der Waals surface area contributed by atoms with Crippen molar-refractivity contribution in [1.82, 2.24) is 9.97 Å². The van der Waals surface area contributed by atoms with Crippen LogP contribution in [0.5, 0.6) is 0 Å². The van der Waals surface area contributed by atoms with Gasteiger partial charge in [0.05, 0.1) is 11.4 Å². The van der Waals surface area contributed by atoms with Crippen molar-refractivity contribution in [3.63, 3.8) is 0 Å². The monoisotopic (exact) mass is 706 g/mol. The summed E-state index contributed by atoms with van der Waals surface area (Å²) >= 11 is 1.86. The van der Waals surface area contributed by atoms with Gasteiger partial charge in [-0.15, -0.1) is 11.3 Å². The maximum Gasteiger partial charge on any atom is 0.160 e. The summed E-state index contributed by atoms with van der Waals surface area (Å²) in [7, 11) is 0. The summed E-state index contributed by atoms with van der Waals surface area (Å²) in [5.41, 5.74) is 11.2. The lowest BCUT2D eigenvalue weighted by Gasteiger charge is -2.15. The Morgan fingerprint density at radius 3 is 1.89 bits per heavy atom. The summed E-state index contributed by atoms with van der Waals surface area (Å²) in [6, 6.07) is 64.5. The van der Waals surface area contributed by atoms with Gasteiger partial charge in [0, 0.05) is 47.6 Å². The van der Waals surface area contributed by atoms with Crippen LogP contribution in [0.3, 0.4) is 0 Å². The van der Waals surface area contributed by atoms with E-state index in [2.05, 4.69) is 152 Å². The van der Waals surface area contributed by atoms with Gasteiger partial charge in [-0.05, 0) is 87.6 Å². The molecular formula is C50H30N2OS. The smallest absolute Gasteiger partial charge is 0.160 e. The average Bonchev–Trinajstić information content (AvgIpc) is 3.82. The van der Waals surface area contributed by atoms with Gasteiger partial charge in [-0.25, -0.2) is 9.97 Å². The Bertz CT molecular complexity index is 3220. The zero-order chi connectivity index (χ0) is 35.6. The molecule has 0 aliphatic rings. The number of aromatic nitrogens is 2. The molecule has 0 spiro atoms. The molecule has 11 aromatic rings. The van der Waals surface area contributed by atoms with Crippen molar-refractivity contribution in [2.45, 2.75) is 0 Å². The van der Waals surface area contributed by atoms with Gasteiger partial charge >= 0.3 is 0 Å². The normalized spacial score (nSPS) is 11.7. The Balaban J connectivity index is 1.17. The fraction of sp³-hybridized carbons (Fsp3) is 0. The standard InChI is InChI=1S/C50H30N2OS/c1-2-13-32(14-3-1)50-51-44(33-24-25-47-43(29-33)40-17-6-8-22-46(40)53-47)30-45(52-50)36-27-34(38-19-10-15-31-12-4-5-16-37(31)38)26-35(28-36)39-20-11-21-42-41-18-7-9-23-48(41)54-49(39)42/h1-30H. The van der Waals surface area contributed by atoms with E-state index in [0.717, 1.165) is 61.1 Å². The number of hydrogen-bond acceptors (Lipinski definition) is 4. The number of fused-ring (bicyclic) bond motifs is 7. The van der Waals surface area contributed by atoms with Crippen molar-refractivity contribution in [2.24, 2.45) is 0 Å². The SMILES string of the molecule is c1ccc(-c2nc(-c3cc(-c4cccc5ccccc45)cc(-c4cccc5c4sc4ccccc45)c3)cc(-c3ccc4oc5ccccc5c4c3)n2)cc1. The molecule has 3 heterocycles. The fourth-order valence-electron chi connectivity index (χ4n) is 7.88. The molecule has 252 valence electrons. The first kappa shape index (κ1) is 30.7. The number of furan rings is 1. The van der Waals surface area contributed by atoms with Crippen LogP contribution < -0.4 is 0 Å². The molecule has 0 N–H and O–H groups in total. The molecule has 4 heteroatoms. The molecule has 3 nitrogen and oxygen atoms in total. The van der Waals surface area contributed by atoms with Gasteiger partial charge in [0.15, 0.2) is 5.82 Å². The van der Waals surface area contributed by atoms with Crippen molar-refractivity contribution >= 4 is 64.2 Å². The Kier molecular flexibility index (Phi) is 7.04. The third-order valence-electron chi connectivity index (χ3n) is 10.5. The van der Waals surface area contributed by atoms with Gasteiger partial charge in [-0.3, -0.25) is 0 Å². The van der Waals surface area contributed by atoms with Crippen LogP contribution in [0, 0.1) is 0 Å². The molecule has 0 saturated carbocycles. The topological polar surface area (TPSA) is 38.9 Å². The summed E-state index contributed by atoms with van der Waals surface area (Å²) in [6.45, 7) is 0. The largest absolute Gasteiger partial charge is 0.456 e. The molecule has 8 aromatic carbocycles. The highest BCUT2D eigenvalue weighted by atomic mass is 32.1. The molecule has 0 unspecified atom stereocenters. The number of rotatable bonds is 5. The van der Waals surface area contributed by atoms with Crippen molar-refractivity contribution in [2.75, 3.05) is 0 Å². The van der Waals surface area contributed by atoms with E-state index < -0.39 is 0 Å². The van der Waals surface area contributed by atoms with E-state index in [0.29, 0.717) is 5.82 Å². The lowest BCUT2D eigenvalue weighted by atomic mass is 9.91. The number of hydrogen-bond donors (Lipinski definition) is 0. The molecule has 3 aromatic heterocycles. The molecule has 54 heavy (non-hydrogen) atoms.